The van der Waals surface area contributed by atoms with Crippen molar-refractivity contribution >= 4 is 5.97 Å². The Hall–Kier alpha value is -2.17. The van der Waals surface area contributed by atoms with Crippen LogP contribution < -0.4 is 0 Å². The first-order chi connectivity index (χ1) is 11.6. The van der Waals surface area contributed by atoms with E-state index in [0.717, 1.165) is 31.6 Å². The third-order valence-electron chi connectivity index (χ3n) is 5.73. The first-order valence-electron chi connectivity index (χ1n) is 8.44. The van der Waals surface area contributed by atoms with E-state index in [0.29, 0.717) is 17.0 Å². The van der Waals surface area contributed by atoms with Gasteiger partial charge in [-0.3, -0.25) is 4.90 Å². The number of nitrogens with zero attached hydrogens (tertiary/aromatic N) is 1. The van der Waals surface area contributed by atoms with E-state index in [2.05, 4.69) is 4.90 Å². The molecule has 0 amide bonds. The van der Waals surface area contributed by atoms with Gasteiger partial charge in [-0.1, -0.05) is 54.6 Å². The van der Waals surface area contributed by atoms with Crippen molar-refractivity contribution in [1.29, 1.82) is 0 Å². The molecule has 2 aliphatic heterocycles. The van der Waals surface area contributed by atoms with Crippen LogP contribution in [0.15, 0.2) is 54.6 Å². The highest BCUT2D eigenvalue weighted by atomic mass is 16.6. The molecule has 2 unspecified atom stereocenters. The lowest BCUT2D eigenvalue weighted by atomic mass is 9.83. The van der Waals surface area contributed by atoms with Gasteiger partial charge in [0.2, 0.25) is 5.60 Å². The lowest BCUT2D eigenvalue weighted by Crippen LogP contribution is -2.42. The van der Waals surface area contributed by atoms with Crippen LogP contribution in [0.3, 0.4) is 0 Å². The fraction of sp³-hybridized carbons (Fsp3) is 0.350. The van der Waals surface area contributed by atoms with Gasteiger partial charge in [-0.2, -0.15) is 0 Å². The third-order valence-corrected chi connectivity index (χ3v) is 5.73. The van der Waals surface area contributed by atoms with Gasteiger partial charge in [0.15, 0.2) is 0 Å². The van der Waals surface area contributed by atoms with Gasteiger partial charge in [0, 0.05) is 31.1 Å². The van der Waals surface area contributed by atoms with Crippen molar-refractivity contribution in [3.05, 3.63) is 71.3 Å². The minimum atomic E-state index is -1.76. The zero-order valence-corrected chi connectivity index (χ0v) is 13.3. The minimum Gasteiger partial charge on any atom is -0.455 e. The summed E-state index contributed by atoms with van der Waals surface area (Å²) in [6.07, 6.45) is 0.913. The Morgan fingerprint density at radius 2 is 1.83 bits per heavy atom. The zero-order chi connectivity index (χ0) is 16.4. The van der Waals surface area contributed by atoms with Crippen molar-refractivity contribution in [2.75, 3.05) is 13.1 Å². The molecular weight excluding hydrogens is 302 g/mol. The molecule has 2 aromatic rings. The third kappa shape index (κ3) is 1.84. The summed E-state index contributed by atoms with van der Waals surface area (Å²) in [5.41, 5.74) is 0.0260. The van der Waals surface area contributed by atoms with Gasteiger partial charge in [-0.15, -0.1) is 0 Å². The van der Waals surface area contributed by atoms with Crippen LogP contribution in [0, 0.1) is 5.92 Å². The average Bonchev–Trinajstić information content (AvgIpc) is 3.14. The van der Waals surface area contributed by atoms with Crippen molar-refractivity contribution in [1.82, 2.24) is 4.90 Å². The molecule has 1 N–H and O–H groups in total. The topological polar surface area (TPSA) is 49.8 Å². The van der Waals surface area contributed by atoms with E-state index < -0.39 is 11.6 Å². The van der Waals surface area contributed by atoms with Gasteiger partial charge in [-0.05, 0) is 17.5 Å². The molecular formula is C20H19NO3. The molecule has 2 fully saturated rings. The Kier molecular flexibility index (Phi) is 2.77. The minimum absolute atomic E-state index is 0.387. The number of benzene rings is 2. The van der Waals surface area contributed by atoms with Crippen LogP contribution in [0.1, 0.15) is 23.1 Å². The molecule has 2 aromatic carbocycles. The van der Waals surface area contributed by atoms with Crippen LogP contribution in [-0.2, 0) is 21.7 Å². The second kappa shape index (κ2) is 4.68. The SMILES string of the molecule is O=C1O[C@]23C[C@@H]2CN(Cc2ccccc2C1(O)c1ccccc1)C3. The number of hydrogen-bond acceptors (Lipinski definition) is 4. The highest BCUT2D eigenvalue weighted by Gasteiger charge is 2.65. The van der Waals surface area contributed by atoms with Crippen molar-refractivity contribution < 1.29 is 14.6 Å². The molecule has 24 heavy (non-hydrogen) atoms. The molecule has 1 saturated heterocycles. The number of rotatable bonds is 1. The van der Waals surface area contributed by atoms with Crippen molar-refractivity contribution in [3.63, 3.8) is 0 Å². The maximum atomic E-state index is 13.1. The predicted octanol–water partition coefficient (Wildman–Crippen LogP) is 2.05. The second-order valence-electron chi connectivity index (χ2n) is 7.26. The maximum Gasteiger partial charge on any atom is 0.348 e. The molecule has 1 spiro atoms. The van der Waals surface area contributed by atoms with Crippen molar-refractivity contribution in [2.24, 2.45) is 5.92 Å². The van der Waals surface area contributed by atoms with Gasteiger partial charge in [0.25, 0.3) is 0 Å². The Balaban J connectivity index is 1.72. The van der Waals surface area contributed by atoms with Crippen LogP contribution in [0.5, 0.6) is 0 Å². The van der Waals surface area contributed by atoms with Gasteiger partial charge >= 0.3 is 5.97 Å². The number of carbonyl (C=O) groups is 1. The highest BCUT2D eigenvalue weighted by molar-refractivity contribution is 5.86. The summed E-state index contributed by atoms with van der Waals surface area (Å²) in [6.45, 7) is 2.47. The van der Waals surface area contributed by atoms with Crippen LogP contribution in [-0.4, -0.2) is 34.7 Å². The maximum absolute atomic E-state index is 13.1. The number of fused-ring (bicyclic) bond motifs is 2. The number of piperidine rings is 1. The molecule has 4 nitrogen and oxygen atoms in total. The molecule has 2 bridgehead atoms. The summed E-state index contributed by atoms with van der Waals surface area (Å²) >= 11 is 0. The molecule has 4 heteroatoms. The lowest BCUT2D eigenvalue weighted by Gasteiger charge is -2.30. The van der Waals surface area contributed by atoms with E-state index in [4.69, 9.17) is 4.74 Å². The number of carbonyl (C=O) groups excluding carboxylic acids is 1. The Morgan fingerprint density at radius 3 is 2.67 bits per heavy atom. The first-order valence-corrected chi connectivity index (χ1v) is 8.44. The number of aliphatic hydroxyl groups is 1. The summed E-state index contributed by atoms with van der Waals surface area (Å²) in [5, 5.41) is 11.6. The van der Waals surface area contributed by atoms with E-state index in [1.807, 2.05) is 42.5 Å². The van der Waals surface area contributed by atoms with E-state index >= 15 is 0 Å². The molecule has 1 aliphatic carbocycles. The highest BCUT2D eigenvalue weighted by Crippen LogP contribution is 2.54. The zero-order valence-electron chi connectivity index (χ0n) is 13.3. The summed E-state index contributed by atoms with van der Waals surface area (Å²) in [4.78, 5) is 15.5. The fourth-order valence-electron chi connectivity index (χ4n) is 4.39. The van der Waals surface area contributed by atoms with Gasteiger partial charge < -0.3 is 9.84 Å². The van der Waals surface area contributed by atoms with E-state index in [1.165, 1.54) is 0 Å². The number of esters is 1. The van der Waals surface area contributed by atoms with Gasteiger partial charge in [-0.25, -0.2) is 4.79 Å². The second-order valence-corrected chi connectivity index (χ2v) is 7.26. The number of ether oxygens (including phenoxy) is 1. The van der Waals surface area contributed by atoms with Gasteiger partial charge in [0.05, 0.1) is 0 Å². The predicted molar refractivity (Wildman–Crippen MR) is 88.1 cm³/mol. The molecule has 122 valence electrons. The van der Waals surface area contributed by atoms with Crippen LogP contribution in [0.4, 0.5) is 0 Å². The summed E-state index contributed by atoms with van der Waals surface area (Å²) < 4.78 is 5.92. The van der Waals surface area contributed by atoms with E-state index in [-0.39, 0.29) is 5.60 Å². The molecule has 5 rings (SSSR count). The smallest absolute Gasteiger partial charge is 0.348 e. The van der Waals surface area contributed by atoms with Crippen LogP contribution >= 0.6 is 0 Å². The number of hydrogen-bond donors (Lipinski definition) is 1. The Labute approximate surface area is 140 Å². The molecule has 0 aromatic heterocycles. The Bertz CT molecular complexity index is 821. The standard InChI is InChI=1S/C20H19NO3/c22-18-20(23,15-7-2-1-3-8-15)17-9-5-4-6-14(17)11-21-12-16-10-19(16,13-21)24-18/h1-9,16,23H,10-13H2/t16-,19+,20?/m1/s1. The van der Waals surface area contributed by atoms with E-state index in [9.17, 15) is 9.90 Å². The summed E-state index contributed by atoms with van der Waals surface area (Å²) in [7, 11) is 0. The van der Waals surface area contributed by atoms with Crippen LogP contribution in [0.2, 0.25) is 0 Å². The van der Waals surface area contributed by atoms with Gasteiger partial charge in [0.1, 0.15) is 5.60 Å². The molecule has 1 saturated carbocycles. The van der Waals surface area contributed by atoms with Crippen molar-refractivity contribution in [3.8, 4) is 0 Å². The Morgan fingerprint density at radius 1 is 1.08 bits per heavy atom. The molecule has 3 aliphatic rings. The monoisotopic (exact) mass is 321 g/mol. The molecule has 0 radical (unpaired) electrons. The molecule has 4 atom stereocenters. The normalized spacial score (nSPS) is 36.6. The average molecular weight is 321 g/mol. The van der Waals surface area contributed by atoms with Crippen molar-refractivity contribution in [2.45, 2.75) is 24.2 Å². The summed E-state index contributed by atoms with van der Waals surface area (Å²) in [6, 6.07) is 16.8. The quantitative estimate of drug-likeness (QED) is 0.817. The fourth-order valence-corrected chi connectivity index (χ4v) is 4.39. The lowest BCUT2D eigenvalue weighted by molar-refractivity contribution is -0.170. The first kappa shape index (κ1) is 14.2. The largest absolute Gasteiger partial charge is 0.455 e. The van der Waals surface area contributed by atoms with E-state index in [1.54, 1.807) is 12.1 Å². The van der Waals surface area contributed by atoms with Crippen LogP contribution in [0.25, 0.3) is 0 Å². The molecule has 2 heterocycles. The summed E-state index contributed by atoms with van der Waals surface area (Å²) in [5.74, 6) is -0.140.